The first-order valence-corrected chi connectivity index (χ1v) is 9.38. The highest BCUT2D eigenvalue weighted by atomic mass is 16.5. The predicted octanol–water partition coefficient (Wildman–Crippen LogP) is 1.24. The fourth-order valence-electron chi connectivity index (χ4n) is 3.45. The minimum absolute atomic E-state index is 0.0665. The van der Waals surface area contributed by atoms with Crippen molar-refractivity contribution in [2.75, 3.05) is 29.9 Å². The Morgan fingerprint density at radius 2 is 2.08 bits per heavy atom. The average Bonchev–Trinajstić information content (AvgIpc) is 3.33. The summed E-state index contributed by atoms with van der Waals surface area (Å²) in [5.41, 5.74) is 7.42. The summed E-state index contributed by atoms with van der Waals surface area (Å²) in [6, 6.07) is 7.18. The Kier molecular flexibility index (Phi) is 6.11. The molecule has 7 nitrogen and oxygen atoms in total. The van der Waals surface area contributed by atoms with Gasteiger partial charge in [0.1, 0.15) is 12.1 Å². The molecule has 3 atom stereocenters. The lowest BCUT2D eigenvalue weighted by atomic mass is 10.1. The molecular formula is C19H28N4O3. The van der Waals surface area contributed by atoms with Crippen LogP contribution in [0.4, 0.5) is 11.4 Å². The molecule has 2 aliphatic heterocycles. The fraction of sp³-hybridized carbons (Fsp3) is 0.579. The van der Waals surface area contributed by atoms with E-state index in [1.165, 1.54) is 12.8 Å². The highest BCUT2D eigenvalue weighted by Crippen LogP contribution is 2.23. The van der Waals surface area contributed by atoms with E-state index in [1.807, 2.05) is 18.2 Å². The van der Waals surface area contributed by atoms with Crippen molar-refractivity contribution in [2.24, 2.45) is 5.73 Å². The van der Waals surface area contributed by atoms with Crippen LogP contribution in [-0.4, -0.2) is 49.7 Å². The third-order valence-electron chi connectivity index (χ3n) is 5.00. The predicted molar refractivity (Wildman–Crippen MR) is 101 cm³/mol. The second-order valence-corrected chi connectivity index (χ2v) is 7.02. The summed E-state index contributed by atoms with van der Waals surface area (Å²) in [5, 5.41) is 5.61. The van der Waals surface area contributed by atoms with E-state index in [0.29, 0.717) is 13.0 Å². The number of anilines is 2. The Morgan fingerprint density at radius 3 is 2.77 bits per heavy atom. The van der Waals surface area contributed by atoms with Gasteiger partial charge in [-0.1, -0.05) is 6.07 Å². The zero-order valence-corrected chi connectivity index (χ0v) is 15.2. The van der Waals surface area contributed by atoms with Crippen LogP contribution < -0.4 is 21.3 Å². The van der Waals surface area contributed by atoms with Crippen molar-refractivity contribution in [1.82, 2.24) is 5.32 Å². The van der Waals surface area contributed by atoms with E-state index in [1.54, 1.807) is 6.92 Å². The number of ether oxygens (including phenoxy) is 1. The van der Waals surface area contributed by atoms with E-state index in [0.717, 1.165) is 30.9 Å². The number of carbonyl (C=O) groups is 2. The molecule has 1 aromatic rings. The van der Waals surface area contributed by atoms with Crippen LogP contribution in [0.2, 0.25) is 0 Å². The van der Waals surface area contributed by atoms with Gasteiger partial charge in [-0.25, -0.2) is 0 Å². The van der Waals surface area contributed by atoms with Crippen LogP contribution in [0.25, 0.3) is 0 Å². The molecule has 1 unspecified atom stereocenters. The molecule has 0 saturated carbocycles. The zero-order chi connectivity index (χ0) is 18.5. The molecule has 2 aliphatic rings. The Morgan fingerprint density at radius 1 is 1.31 bits per heavy atom. The smallest absolute Gasteiger partial charge is 0.249 e. The molecule has 1 aromatic carbocycles. The molecule has 0 bridgehead atoms. The maximum absolute atomic E-state index is 12.4. The van der Waals surface area contributed by atoms with E-state index in [2.05, 4.69) is 21.6 Å². The summed E-state index contributed by atoms with van der Waals surface area (Å²) in [6.45, 7) is 4.18. The minimum Gasteiger partial charge on any atom is -0.371 e. The summed E-state index contributed by atoms with van der Waals surface area (Å²) < 4.78 is 5.57. The van der Waals surface area contributed by atoms with Crippen molar-refractivity contribution in [3.8, 4) is 0 Å². The largest absolute Gasteiger partial charge is 0.371 e. The van der Waals surface area contributed by atoms with Crippen molar-refractivity contribution in [2.45, 2.75) is 50.9 Å². The van der Waals surface area contributed by atoms with E-state index in [9.17, 15) is 9.59 Å². The van der Waals surface area contributed by atoms with Crippen LogP contribution in [0, 0.1) is 0 Å². The van der Waals surface area contributed by atoms with Gasteiger partial charge in [0, 0.05) is 31.0 Å². The maximum atomic E-state index is 12.4. The molecule has 4 N–H and O–H groups in total. The van der Waals surface area contributed by atoms with Crippen molar-refractivity contribution in [3.05, 3.63) is 24.3 Å². The lowest BCUT2D eigenvalue weighted by Gasteiger charge is -2.20. The first-order valence-electron chi connectivity index (χ1n) is 9.38. The first-order chi connectivity index (χ1) is 12.6. The Balaban J connectivity index is 1.52. The standard InChI is InChI=1S/C19H28N4O3/c1-13(21-19(25)17-8-7-16(12-20)26-17)18(24)22-14-5-4-6-15(11-14)23-9-2-3-10-23/h4-6,11,13,16-17H,2-3,7-10,12,20H2,1H3,(H,21,25)(H,22,24)/t13?,16-,17+/m1/s1. The van der Waals surface area contributed by atoms with Crippen LogP contribution in [0.1, 0.15) is 32.6 Å². The number of rotatable bonds is 6. The van der Waals surface area contributed by atoms with Gasteiger partial charge in [0.2, 0.25) is 11.8 Å². The van der Waals surface area contributed by atoms with Gasteiger partial charge >= 0.3 is 0 Å². The molecule has 0 aromatic heterocycles. The highest BCUT2D eigenvalue weighted by molar-refractivity contribution is 5.97. The third-order valence-corrected chi connectivity index (χ3v) is 5.00. The number of nitrogens with one attached hydrogen (secondary N) is 2. The molecule has 0 radical (unpaired) electrons. The lowest BCUT2D eigenvalue weighted by Crippen LogP contribution is -2.46. The zero-order valence-electron chi connectivity index (χ0n) is 15.2. The van der Waals surface area contributed by atoms with E-state index in [4.69, 9.17) is 10.5 Å². The Labute approximate surface area is 154 Å². The highest BCUT2D eigenvalue weighted by Gasteiger charge is 2.31. The number of nitrogens with two attached hydrogens (primary N) is 1. The number of hydrogen-bond donors (Lipinski definition) is 3. The molecule has 26 heavy (non-hydrogen) atoms. The number of hydrogen-bond acceptors (Lipinski definition) is 5. The fourth-order valence-corrected chi connectivity index (χ4v) is 3.45. The normalized spacial score (nSPS) is 23.7. The van der Waals surface area contributed by atoms with Crippen molar-refractivity contribution in [3.63, 3.8) is 0 Å². The molecular weight excluding hydrogens is 332 g/mol. The number of carbonyl (C=O) groups excluding carboxylic acids is 2. The van der Waals surface area contributed by atoms with Crippen LogP contribution in [-0.2, 0) is 14.3 Å². The second kappa shape index (κ2) is 8.51. The van der Waals surface area contributed by atoms with Gasteiger partial charge in [-0.05, 0) is 50.8 Å². The summed E-state index contributed by atoms with van der Waals surface area (Å²) in [4.78, 5) is 27.0. The third kappa shape index (κ3) is 4.53. The van der Waals surface area contributed by atoms with E-state index in [-0.39, 0.29) is 17.9 Å². The molecule has 7 heteroatoms. The van der Waals surface area contributed by atoms with Gasteiger partial charge in [0.15, 0.2) is 0 Å². The Bertz CT molecular complexity index is 645. The van der Waals surface area contributed by atoms with Gasteiger partial charge in [-0.3, -0.25) is 9.59 Å². The molecule has 2 saturated heterocycles. The van der Waals surface area contributed by atoms with Crippen LogP contribution in [0.15, 0.2) is 24.3 Å². The van der Waals surface area contributed by atoms with Gasteiger partial charge in [0.25, 0.3) is 0 Å². The topological polar surface area (TPSA) is 96.7 Å². The van der Waals surface area contributed by atoms with E-state index < -0.39 is 12.1 Å². The van der Waals surface area contributed by atoms with Crippen molar-refractivity contribution >= 4 is 23.2 Å². The van der Waals surface area contributed by atoms with Crippen molar-refractivity contribution in [1.29, 1.82) is 0 Å². The molecule has 2 fully saturated rings. The van der Waals surface area contributed by atoms with Gasteiger partial charge in [-0.15, -0.1) is 0 Å². The lowest BCUT2D eigenvalue weighted by molar-refractivity contribution is -0.134. The summed E-state index contributed by atoms with van der Waals surface area (Å²) in [6.07, 6.45) is 3.24. The monoisotopic (exact) mass is 360 g/mol. The summed E-state index contributed by atoms with van der Waals surface area (Å²) >= 11 is 0. The molecule has 142 valence electrons. The van der Waals surface area contributed by atoms with E-state index >= 15 is 0 Å². The number of amides is 2. The van der Waals surface area contributed by atoms with Crippen LogP contribution in [0.3, 0.4) is 0 Å². The SMILES string of the molecule is CC(NC(=O)[C@@H]1CC[C@H](CN)O1)C(=O)Nc1cccc(N2CCCC2)c1. The average molecular weight is 360 g/mol. The van der Waals surface area contributed by atoms with Gasteiger partial charge < -0.3 is 26.0 Å². The first kappa shape index (κ1) is 18.7. The summed E-state index contributed by atoms with van der Waals surface area (Å²) in [5.74, 6) is -0.500. The molecule has 3 rings (SSSR count). The van der Waals surface area contributed by atoms with Gasteiger partial charge in [-0.2, -0.15) is 0 Å². The minimum atomic E-state index is -0.640. The van der Waals surface area contributed by atoms with Gasteiger partial charge in [0.05, 0.1) is 6.10 Å². The molecule has 0 aliphatic carbocycles. The summed E-state index contributed by atoms with van der Waals surface area (Å²) in [7, 11) is 0. The maximum Gasteiger partial charge on any atom is 0.249 e. The Hall–Kier alpha value is -2.12. The molecule has 0 spiro atoms. The van der Waals surface area contributed by atoms with Crippen LogP contribution >= 0.6 is 0 Å². The van der Waals surface area contributed by atoms with Crippen LogP contribution in [0.5, 0.6) is 0 Å². The number of benzene rings is 1. The van der Waals surface area contributed by atoms with Crippen molar-refractivity contribution < 1.29 is 14.3 Å². The second-order valence-electron chi connectivity index (χ2n) is 7.02. The molecule has 2 amide bonds. The number of nitrogens with zero attached hydrogens (tertiary/aromatic N) is 1. The quantitative estimate of drug-likeness (QED) is 0.709. The molecule has 2 heterocycles.